The summed E-state index contributed by atoms with van der Waals surface area (Å²) in [4.78, 5) is 0.139. The molecule has 0 aliphatic rings. The molecule has 0 heterocycles. The predicted molar refractivity (Wildman–Crippen MR) is 102 cm³/mol. The molecule has 0 unspecified atom stereocenters. The number of nitrogens with one attached hydrogen (secondary N) is 2. The minimum Gasteiger partial charge on any atom is -0.493 e. The first kappa shape index (κ1) is 24.1. The predicted octanol–water partition coefficient (Wildman–Crippen LogP) is 1.20. The molecule has 0 bridgehead atoms. The Morgan fingerprint density at radius 2 is 1.68 bits per heavy atom. The molecule has 0 radical (unpaired) electrons. The number of benzene rings is 1. The number of hydrogen-bond acceptors (Lipinski definition) is 6. The van der Waals surface area contributed by atoms with Gasteiger partial charge in [0.1, 0.15) is 12.4 Å². The normalized spacial score (nSPS) is 13.1. The zero-order chi connectivity index (χ0) is 18.2. The van der Waals surface area contributed by atoms with Crippen molar-refractivity contribution >= 4 is 32.3 Å². The molecule has 0 saturated heterocycles. The smallest absolute Gasteiger partial charge is 0.240 e. The van der Waals surface area contributed by atoms with Gasteiger partial charge in [0, 0.05) is 18.3 Å². The summed E-state index contributed by atoms with van der Waals surface area (Å²) in [5.41, 5.74) is 0. The van der Waals surface area contributed by atoms with Crippen molar-refractivity contribution in [2.45, 2.75) is 31.7 Å². The van der Waals surface area contributed by atoms with E-state index in [9.17, 15) is 16.8 Å². The zero-order valence-electron chi connectivity index (χ0n) is 14.7. The Morgan fingerprint density at radius 3 is 2.20 bits per heavy atom. The topological polar surface area (TPSA) is 102 Å². The minimum atomic E-state index is -3.58. The van der Waals surface area contributed by atoms with Crippen molar-refractivity contribution in [1.29, 1.82) is 0 Å². The largest absolute Gasteiger partial charge is 0.493 e. The number of hydrogen-bond donors (Lipinski definition) is 2. The summed E-state index contributed by atoms with van der Waals surface area (Å²) < 4.78 is 55.0. The van der Waals surface area contributed by atoms with Gasteiger partial charge in [-0.3, -0.25) is 0 Å². The molecule has 0 amide bonds. The number of halogens is 1. The number of sulfone groups is 1. The van der Waals surface area contributed by atoms with E-state index in [1.165, 1.54) is 24.3 Å². The Hall–Kier alpha value is -0.870. The third kappa shape index (κ3) is 8.87. The lowest BCUT2D eigenvalue weighted by atomic mass is 10.3. The van der Waals surface area contributed by atoms with Crippen LogP contribution in [0, 0.1) is 0 Å². The molecule has 0 fully saturated rings. The Morgan fingerprint density at radius 1 is 1.08 bits per heavy atom. The highest BCUT2D eigenvalue weighted by atomic mass is 35.5. The third-order valence-corrected chi connectivity index (χ3v) is 6.48. The van der Waals surface area contributed by atoms with Crippen LogP contribution in [0.15, 0.2) is 29.2 Å². The molecule has 0 aliphatic heterocycles. The highest BCUT2D eigenvalue weighted by molar-refractivity contribution is 7.91. The van der Waals surface area contributed by atoms with Gasteiger partial charge >= 0.3 is 0 Å². The van der Waals surface area contributed by atoms with Gasteiger partial charge in [-0.25, -0.2) is 21.6 Å². The first-order valence-electron chi connectivity index (χ1n) is 7.86. The SMILES string of the molecule is CCN[C@H](C)CNS(=O)(=O)c1ccc(OCCS(=O)(=O)CC)cc1.Cl. The van der Waals surface area contributed by atoms with E-state index < -0.39 is 19.9 Å². The van der Waals surface area contributed by atoms with Crippen LogP contribution in [0.25, 0.3) is 0 Å². The molecule has 0 aliphatic carbocycles. The first-order valence-corrected chi connectivity index (χ1v) is 11.2. The van der Waals surface area contributed by atoms with Gasteiger partial charge in [-0.05, 0) is 37.7 Å². The summed E-state index contributed by atoms with van der Waals surface area (Å²) in [6.45, 7) is 6.54. The van der Waals surface area contributed by atoms with E-state index in [0.717, 1.165) is 6.54 Å². The van der Waals surface area contributed by atoms with Crippen LogP contribution in [0.4, 0.5) is 0 Å². The van der Waals surface area contributed by atoms with E-state index in [4.69, 9.17) is 4.74 Å². The van der Waals surface area contributed by atoms with Gasteiger partial charge in [-0.15, -0.1) is 12.4 Å². The molecule has 0 saturated carbocycles. The van der Waals surface area contributed by atoms with Gasteiger partial charge in [-0.2, -0.15) is 0 Å². The highest BCUT2D eigenvalue weighted by Crippen LogP contribution is 2.16. The average molecular weight is 415 g/mol. The maximum atomic E-state index is 12.2. The van der Waals surface area contributed by atoms with E-state index in [-0.39, 0.29) is 41.5 Å². The number of ether oxygens (including phenoxy) is 1. The molecule has 0 aromatic heterocycles. The highest BCUT2D eigenvalue weighted by Gasteiger charge is 2.15. The molecule has 1 aromatic carbocycles. The van der Waals surface area contributed by atoms with Gasteiger partial charge in [0.15, 0.2) is 9.84 Å². The van der Waals surface area contributed by atoms with E-state index in [1.807, 2.05) is 13.8 Å². The molecular formula is C15H27ClN2O5S2. The van der Waals surface area contributed by atoms with Crippen LogP contribution in [-0.4, -0.2) is 54.1 Å². The molecule has 25 heavy (non-hydrogen) atoms. The average Bonchev–Trinajstić information content (AvgIpc) is 2.54. The van der Waals surface area contributed by atoms with Crippen LogP contribution < -0.4 is 14.8 Å². The second-order valence-corrected chi connectivity index (χ2v) is 9.61. The summed E-state index contributed by atoms with van der Waals surface area (Å²) in [6, 6.07) is 5.93. The molecular weight excluding hydrogens is 388 g/mol. The fourth-order valence-corrected chi connectivity index (χ4v) is 3.64. The van der Waals surface area contributed by atoms with Crippen molar-refractivity contribution < 1.29 is 21.6 Å². The lowest BCUT2D eigenvalue weighted by Crippen LogP contribution is -2.38. The van der Waals surface area contributed by atoms with Gasteiger partial charge in [-0.1, -0.05) is 13.8 Å². The number of rotatable bonds is 11. The van der Waals surface area contributed by atoms with Gasteiger partial charge in [0.2, 0.25) is 10.0 Å². The second kappa shape index (κ2) is 11.0. The molecule has 1 atom stereocenters. The summed E-state index contributed by atoms with van der Waals surface area (Å²) in [7, 11) is -6.66. The molecule has 7 nitrogen and oxygen atoms in total. The molecule has 2 N–H and O–H groups in total. The zero-order valence-corrected chi connectivity index (χ0v) is 17.1. The fraction of sp³-hybridized carbons (Fsp3) is 0.600. The van der Waals surface area contributed by atoms with Crippen molar-refractivity contribution in [3.63, 3.8) is 0 Å². The summed E-state index contributed by atoms with van der Waals surface area (Å²) in [5.74, 6) is 0.444. The van der Waals surface area contributed by atoms with E-state index in [1.54, 1.807) is 6.92 Å². The van der Waals surface area contributed by atoms with E-state index in [0.29, 0.717) is 12.3 Å². The molecule has 10 heteroatoms. The monoisotopic (exact) mass is 414 g/mol. The Balaban J connectivity index is 0.00000576. The summed E-state index contributed by atoms with van der Waals surface area (Å²) >= 11 is 0. The summed E-state index contributed by atoms with van der Waals surface area (Å²) in [5, 5.41) is 3.12. The summed E-state index contributed by atoms with van der Waals surface area (Å²) in [6.07, 6.45) is 0. The lowest BCUT2D eigenvalue weighted by molar-refractivity contribution is 0.340. The molecule has 1 rings (SSSR count). The van der Waals surface area contributed by atoms with Gasteiger partial charge in [0.05, 0.1) is 10.6 Å². The standard InChI is InChI=1S/C15H26N2O5S2.ClH/c1-4-16-13(3)12-17-24(20,21)15-8-6-14(7-9-15)22-10-11-23(18,19)5-2;/h6-9,13,16-17H,4-5,10-12H2,1-3H3;1H/t13-;/m1./s1. The minimum absolute atomic E-state index is 0. The lowest BCUT2D eigenvalue weighted by Gasteiger charge is -2.14. The van der Waals surface area contributed by atoms with Crippen LogP contribution in [-0.2, 0) is 19.9 Å². The molecule has 0 spiro atoms. The Bertz CT molecular complexity index is 706. The third-order valence-electron chi connectivity index (χ3n) is 3.37. The van der Waals surface area contributed by atoms with Crippen LogP contribution in [0.3, 0.4) is 0 Å². The fourth-order valence-electron chi connectivity index (χ4n) is 1.88. The van der Waals surface area contributed by atoms with Crippen molar-refractivity contribution in [3.05, 3.63) is 24.3 Å². The van der Waals surface area contributed by atoms with Crippen molar-refractivity contribution in [3.8, 4) is 5.75 Å². The van der Waals surface area contributed by atoms with Crippen LogP contribution >= 0.6 is 12.4 Å². The Labute approximate surface area is 156 Å². The van der Waals surface area contributed by atoms with Gasteiger partial charge < -0.3 is 10.1 Å². The van der Waals surface area contributed by atoms with Crippen molar-refractivity contribution in [2.24, 2.45) is 0 Å². The number of likely N-dealkylation sites (N-methyl/N-ethyl adjacent to an activating group) is 1. The molecule has 146 valence electrons. The maximum Gasteiger partial charge on any atom is 0.240 e. The Kier molecular flexibility index (Phi) is 10.6. The maximum absolute atomic E-state index is 12.2. The van der Waals surface area contributed by atoms with Crippen molar-refractivity contribution in [2.75, 3.05) is 31.2 Å². The second-order valence-electron chi connectivity index (χ2n) is 5.37. The number of sulfonamides is 1. The molecule has 1 aromatic rings. The van der Waals surface area contributed by atoms with Crippen LogP contribution in [0.5, 0.6) is 5.75 Å². The van der Waals surface area contributed by atoms with E-state index >= 15 is 0 Å². The quantitative estimate of drug-likeness (QED) is 0.564. The van der Waals surface area contributed by atoms with Crippen molar-refractivity contribution in [1.82, 2.24) is 10.0 Å². The first-order chi connectivity index (χ1) is 11.2. The van der Waals surface area contributed by atoms with Crippen LogP contribution in [0.2, 0.25) is 0 Å². The van der Waals surface area contributed by atoms with Crippen LogP contribution in [0.1, 0.15) is 20.8 Å². The van der Waals surface area contributed by atoms with Gasteiger partial charge in [0.25, 0.3) is 0 Å². The van der Waals surface area contributed by atoms with E-state index in [2.05, 4.69) is 10.0 Å².